The number of hydrogen-bond donors (Lipinski definition) is 1. The number of rotatable bonds is 5. The van der Waals surface area contributed by atoms with Crippen molar-refractivity contribution in [2.24, 2.45) is 0 Å². The minimum Gasteiger partial charge on any atom is -0.458 e. The Hall–Kier alpha value is -1.97. The maximum atomic E-state index is 12.8. The van der Waals surface area contributed by atoms with Gasteiger partial charge in [-0.25, -0.2) is 4.98 Å². The lowest BCUT2D eigenvalue weighted by Crippen LogP contribution is -2.26. The number of hydrogen-bond acceptors (Lipinski definition) is 4. The molecule has 0 aromatic carbocycles. The van der Waals surface area contributed by atoms with E-state index in [-0.39, 0.29) is 11.8 Å². The molecule has 0 bridgehead atoms. The number of terminal acetylenes is 1. The van der Waals surface area contributed by atoms with E-state index in [0.29, 0.717) is 6.54 Å². The Morgan fingerprint density at radius 1 is 1.35 bits per heavy atom. The molecule has 0 fully saturated rings. The van der Waals surface area contributed by atoms with Gasteiger partial charge in [0, 0.05) is 12.6 Å². The van der Waals surface area contributed by atoms with Crippen LogP contribution in [0, 0.1) is 12.3 Å². The van der Waals surface area contributed by atoms with Crippen LogP contribution in [0.3, 0.4) is 0 Å². The third-order valence-corrected chi connectivity index (χ3v) is 2.23. The molecular formula is C13H16F3N3O. The van der Waals surface area contributed by atoms with E-state index in [1.165, 1.54) is 0 Å². The first-order valence-electron chi connectivity index (χ1n) is 6.05. The first-order valence-corrected chi connectivity index (χ1v) is 6.05. The molecule has 0 atom stereocenters. The number of nitrogens with zero attached hydrogens (tertiary/aromatic N) is 2. The molecule has 1 aromatic rings. The van der Waals surface area contributed by atoms with E-state index in [0.717, 1.165) is 12.5 Å². The van der Waals surface area contributed by atoms with Crippen LogP contribution in [0.4, 0.5) is 19.1 Å². The van der Waals surface area contributed by atoms with Crippen molar-refractivity contribution in [3.63, 3.8) is 0 Å². The van der Waals surface area contributed by atoms with Gasteiger partial charge in [0.1, 0.15) is 0 Å². The third-order valence-electron chi connectivity index (χ3n) is 2.23. The fourth-order valence-electron chi connectivity index (χ4n) is 1.23. The van der Waals surface area contributed by atoms with Gasteiger partial charge >= 0.3 is 6.18 Å². The lowest BCUT2D eigenvalue weighted by molar-refractivity contribution is -0.141. The molecule has 0 unspecified atom stereocenters. The standard InChI is InChI=1S/C13H16F3N3O/c1-5-7-17-11-18-9(13(14,15)16)8-10(19-11)20-12(3,4)6-2/h2,8H,5,7H2,1,3-4H3,(H,17,18,19). The van der Waals surface area contributed by atoms with Crippen molar-refractivity contribution < 1.29 is 17.9 Å². The highest BCUT2D eigenvalue weighted by molar-refractivity contribution is 5.32. The van der Waals surface area contributed by atoms with E-state index in [9.17, 15) is 13.2 Å². The zero-order chi connectivity index (χ0) is 15.4. The average molecular weight is 287 g/mol. The summed E-state index contributed by atoms with van der Waals surface area (Å²) in [5.74, 6) is 1.98. The van der Waals surface area contributed by atoms with E-state index in [4.69, 9.17) is 11.2 Å². The van der Waals surface area contributed by atoms with Gasteiger partial charge in [-0.15, -0.1) is 6.42 Å². The van der Waals surface area contributed by atoms with Crippen molar-refractivity contribution in [1.29, 1.82) is 0 Å². The molecule has 0 aliphatic rings. The Bertz CT molecular complexity index is 507. The summed E-state index contributed by atoms with van der Waals surface area (Å²) in [6, 6.07) is 0.732. The third kappa shape index (κ3) is 4.61. The maximum absolute atomic E-state index is 12.8. The SMILES string of the molecule is C#CC(C)(C)Oc1cc(C(F)(F)F)nc(NCCC)n1. The van der Waals surface area contributed by atoms with Crippen LogP contribution < -0.4 is 10.1 Å². The number of alkyl halides is 3. The minimum atomic E-state index is -4.58. The predicted octanol–water partition coefficient (Wildman–Crippen LogP) is 3.11. The lowest BCUT2D eigenvalue weighted by Gasteiger charge is -2.20. The van der Waals surface area contributed by atoms with Crippen LogP contribution in [-0.4, -0.2) is 22.1 Å². The number of ether oxygens (including phenoxy) is 1. The smallest absolute Gasteiger partial charge is 0.433 e. The number of halogens is 3. The van der Waals surface area contributed by atoms with Crippen LogP contribution in [0.5, 0.6) is 5.88 Å². The molecule has 0 aliphatic heterocycles. The zero-order valence-electron chi connectivity index (χ0n) is 11.5. The number of nitrogens with one attached hydrogen (secondary N) is 1. The molecule has 0 aliphatic carbocycles. The van der Waals surface area contributed by atoms with Crippen molar-refractivity contribution in [2.75, 3.05) is 11.9 Å². The molecule has 0 saturated heterocycles. The van der Waals surface area contributed by atoms with Gasteiger partial charge in [0.05, 0.1) is 0 Å². The highest BCUT2D eigenvalue weighted by Gasteiger charge is 2.34. The van der Waals surface area contributed by atoms with Gasteiger partial charge in [0.2, 0.25) is 11.8 Å². The van der Waals surface area contributed by atoms with Crippen LogP contribution in [0.1, 0.15) is 32.9 Å². The van der Waals surface area contributed by atoms with Crippen molar-refractivity contribution in [1.82, 2.24) is 9.97 Å². The largest absolute Gasteiger partial charge is 0.458 e. The molecule has 7 heteroatoms. The minimum absolute atomic E-state index is 0.135. The Morgan fingerprint density at radius 2 is 2.00 bits per heavy atom. The van der Waals surface area contributed by atoms with Crippen LogP contribution in [0.25, 0.3) is 0 Å². The second-order valence-corrected chi connectivity index (χ2v) is 4.60. The predicted molar refractivity (Wildman–Crippen MR) is 69.4 cm³/mol. The number of anilines is 1. The molecule has 0 saturated carbocycles. The summed E-state index contributed by atoms with van der Waals surface area (Å²) in [6.45, 7) is 5.45. The summed E-state index contributed by atoms with van der Waals surface area (Å²) in [6.07, 6.45) is 1.39. The number of aromatic nitrogens is 2. The molecule has 1 aromatic heterocycles. The Kier molecular flexibility index (Phi) is 4.82. The monoisotopic (exact) mass is 287 g/mol. The average Bonchev–Trinajstić information content (AvgIpc) is 2.34. The molecule has 1 rings (SSSR count). The molecule has 0 amide bonds. The zero-order valence-corrected chi connectivity index (χ0v) is 11.5. The maximum Gasteiger partial charge on any atom is 0.433 e. The quantitative estimate of drug-likeness (QED) is 0.845. The van der Waals surface area contributed by atoms with Crippen LogP contribution in [0.15, 0.2) is 6.07 Å². The molecule has 1 heterocycles. The van der Waals surface area contributed by atoms with Gasteiger partial charge in [-0.1, -0.05) is 12.8 Å². The topological polar surface area (TPSA) is 47.0 Å². The highest BCUT2D eigenvalue weighted by Crippen LogP contribution is 2.31. The summed E-state index contributed by atoms with van der Waals surface area (Å²) in [7, 11) is 0. The Balaban J connectivity index is 3.14. The highest BCUT2D eigenvalue weighted by atomic mass is 19.4. The second-order valence-electron chi connectivity index (χ2n) is 4.60. The molecular weight excluding hydrogens is 271 g/mol. The molecule has 4 nitrogen and oxygen atoms in total. The van der Waals surface area contributed by atoms with Crippen molar-refractivity contribution >= 4 is 5.95 Å². The van der Waals surface area contributed by atoms with Crippen LogP contribution in [0.2, 0.25) is 0 Å². The van der Waals surface area contributed by atoms with E-state index in [1.807, 2.05) is 6.92 Å². The van der Waals surface area contributed by atoms with Crippen molar-refractivity contribution in [3.8, 4) is 18.2 Å². The van der Waals surface area contributed by atoms with E-state index in [2.05, 4.69) is 21.2 Å². The van der Waals surface area contributed by atoms with Gasteiger partial charge in [-0.3, -0.25) is 0 Å². The summed E-state index contributed by atoms with van der Waals surface area (Å²) >= 11 is 0. The van der Waals surface area contributed by atoms with Crippen LogP contribution in [-0.2, 0) is 6.18 Å². The molecule has 0 radical (unpaired) electrons. The second kappa shape index (κ2) is 5.99. The van der Waals surface area contributed by atoms with Gasteiger partial charge < -0.3 is 10.1 Å². The first-order chi connectivity index (χ1) is 9.18. The summed E-state index contributed by atoms with van der Waals surface area (Å²) in [5.41, 5.74) is -2.13. The molecule has 0 spiro atoms. The lowest BCUT2D eigenvalue weighted by atomic mass is 10.1. The molecule has 1 N–H and O–H groups in total. The van der Waals surface area contributed by atoms with Gasteiger partial charge in [0.25, 0.3) is 0 Å². The van der Waals surface area contributed by atoms with Gasteiger partial charge in [-0.2, -0.15) is 18.2 Å². The summed E-state index contributed by atoms with van der Waals surface area (Å²) < 4.78 is 43.6. The van der Waals surface area contributed by atoms with Crippen molar-refractivity contribution in [3.05, 3.63) is 11.8 Å². The van der Waals surface area contributed by atoms with E-state index < -0.39 is 17.5 Å². The van der Waals surface area contributed by atoms with Gasteiger partial charge in [-0.05, 0) is 20.3 Å². The molecule has 20 heavy (non-hydrogen) atoms. The van der Waals surface area contributed by atoms with Crippen LogP contribution >= 0.6 is 0 Å². The van der Waals surface area contributed by atoms with E-state index >= 15 is 0 Å². The van der Waals surface area contributed by atoms with Gasteiger partial charge in [0.15, 0.2) is 11.3 Å². The summed E-state index contributed by atoms with van der Waals surface area (Å²) in [5, 5.41) is 2.70. The fraction of sp³-hybridized carbons (Fsp3) is 0.538. The molecule has 110 valence electrons. The summed E-state index contributed by atoms with van der Waals surface area (Å²) in [4.78, 5) is 7.30. The fourth-order valence-corrected chi connectivity index (χ4v) is 1.23. The first kappa shape index (κ1) is 16.1. The normalized spacial score (nSPS) is 11.8. The Labute approximate surface area is 115 Å². The Morgan fingerprint density at radius 3 is 2.50 bits per heavy atom. The van der Waals surface area contributed by atoms with E-state index in [1.54, 1.807) is 13.8 Å². The van der Waals surface area contributed by atoms with Crippen molar-refractivity contribution in [2.45, 2.75) is 39.0 Å².